The largest absolute Gasteiger partial charge is 0.491 e. The van der Waals surface area contributed by atoms with Crippen molar-refractivity contribution in [3.8, 4) is 5.82 Å². The molecule has 220 valence electrons. The van der Waals surface area contributed by atoms with Gasteiger partial charge < -0.3 is 14.5 Å². The van der Waals surface area contributed by atoms with E-state index in [0.717, 1.165) is 0 Å². The van der Waals surface area contributed by atoms with Crippen LogP contribution < -0.4 is 10.6 Å². The highest BCUT2D eigenvalue weighted by Crippen LogP contribution is 2.34. The van der Waals surface area contributed by atoms with Crippen LogP contribution in [0.25, 0.3) is 22.5 Å². The number of piperazine rings is 1. The van der Waals surface area contributed by atoms with Gasteiger partial charge in [-0.1, -0.05) is 25.6 Å². The molecule has 0 radical (unpaired) electrons. The van der Waals surface area contributed by atoms with Crippen molar-refractivity contribution in [3.05, 3.63) is 64.4 Å². The van der Waals surface area contributed by atoms with Gasteiger partial charge in [-0.25, -0.2) is 18.7 Å². The van der Waals surface area contributed by atoms with Gasteiger partial charge >= 0.3 is 5.69 Å². The van der Waals surface area contributed by atoms with Crippen LogP contribution in [0.2, 0.25) is 0 Å². The summed E-state index contributed by atoms with van der Waals surface area (Å²) in [6, 6.07) is 0.851. The van der Waals surface area contributed by atoms with Crippen LogP contribution in [-0.4, -0.2) is 78.8 Å². The fourth-order valence-electron chi connectivity index (χ4n) is 5.48. The Kier molecular flexibility index (Phi) is 7.76. The third-order valence-electron chi connectivity index (χ3n) is 7.55. The van der Waals surface area contributed by atoms with Crippen molar-refractivity contribution in [1.29, 1.82) is 0 Å². The molecule has 4 bridgehead atoms. The molecular weight excluding hydrogens is 541 g/mol. The molecule has 0 aliphatic carbocycles. The molecule has 3 aromatic rings. The zero-order valence-corrected chi connectivity index (χ0v) is 24.4. The predicted molar refractivity (Wildman–Crippen MR) is 158 cm³/mol. The second kappa shape index (κ2) is 11.3. The van der Waals surface area contributed by atoms with Gasteiger partial charge in [0.1, 0.15) is 17.3 Å². The molecule has 0 aromatic carbocycles. The van der Waals surface area contributed by atoms with Crippen molar-refractivity contribution >= 4 is 35.2 Å². The highest BCUT2D eigenvalue weighted by Gasteiger charge is 2.34. The van der Waals surface area contributed by atoms with Crippen LogP contribution in [0, 0.1) is 11.7 Å². The number of aliphatic imine (C=N–C) groups is 1. The Hall–Kier alpha value is -4.68. The molecule has 0 spiro atoms. The lowest BCUT2D eigenvalue weighted by Gasteiger charge is -2.44. The molecule has 3 aromatic heterocycles. The molecule has 13 heteroatoms. The number of halogens is 1. The molecule has 5 heterocycles. The first kappa shape index (κ1) is 28.8. The topological polar surface area (TPSA) is 124 Å². The number of hydrogen-bond donors (Lipinski definition) is 0. The summed E-state index contributed by atoms with van der Waals surface area (Å²) >= 11 is 0. The van der Waals surface area contributed by atoms with E-state index < -0.39 is 11.5 Å². The van der Waals surface area contributed by atoms with Crippen LogP contribution in [0.4, 0.5) is 10.2 Å². The number of aromatic nitrogens is 6. The minimum atomic E-state index is -0.663. The smallest absolute Gasteiger partial charge is 0.356 e. The van der Waals surface area contributed by atoms with Gasteiger partial charge in [-0.15, -0.1) is 5.10 Å². The van der Waals surface area contributed by atoms with Crippen molar-refractivity contribution in [2.45, 2.75) is 53.1 Å². The van der Waals surface area contributed by atoms with E-state index in [1.807, 2.05) is 32.6 Å². The van der Waals surface area contributed by atoms with Gasteiger partial charge in [-0.2, -0.15) is 9.67 Å². The third kappa shape index (κ3) is 4.88. The SMILES string of the molecule is C=CC(=O)N1C[C@H](C)N(c2nc(=O)n3c4nc(c(F)cc24)-n2cc(nn2)CCOC(=C/C)/C3=C(\N=C)C(C)C)C[C@H]1C. The fourth-order valence-corrected chi connectivity index (χ4v) is 5.48. The Bertz CT molecular complexity index is 1700. The molecule has 1 fully saturated rings. The molecule has 42 heavy (non-hydrogen) atoms. The highest BCUT2D eigenvalue weighted by molar-refractivity contribution is 5.92. The molecule has 0 unspecified atom stereocenters. The first-order chi connectivity index (χ1) is 20.1. The van der Waals surface area contributed by atoms with Crippen LogP contribution in [-0.2, 0) is 16.0 Å². The minimum absolute atomic E-state index is 0.116. The van der Waals surface area contributed by atoms with Gasteiger partial charge in [0.2, 0.25) is 5.91 Å². The number of fused-ring (bicyclic) bond motifs is 4. The second-order valence-corrected chi connectivity index (χ2v) is 10.7. The maximum absolute atomic E-state index is 15.9. The molecule has 0 saturated carbocycles. The van der Waals surface area contributed by atoms with Crippen LogP contribution in [0.15, 0.2) is 52.2 Å². The first-order valence-electron chi connectivity index (χ1n) is 13.8. The van der Waals surface area contributed by atoms with Crippen LogP contribution >= 0.6 is 0 Å². The van der Waals surface area contributed by atoms with E-state index in [0.29, 0.717) is 47.7 Å². The average molecular weight is 576 g/mol. The molecule has 1 saturated heterocycles. The zero-order valence-electron chi connectivity index (χ0n) is 24.4. The van der Waals surface area contributed by atoms with Gasteiger partial charge in [0.05, 0.1) is 29.6 Å². The number of hydrogen-bond acceptors (Lipinski definition) is 9. The summed E-state index contributed by atoms with van der Waals surface area (Å²) < 4.78 is 24.6. The van der Waals surface area contributed by atoms with Crippen LogP contribution in [0.3, 0.4) is 0 Å². The predicted octanol–water partition coefficient (Wildman–Crippen LogP) is 3.12. The molecule has 2 aliphatic heterocycles. The van der Waals surface area contributed by atoms with E-state index in [2.05, 4.69) is 38.6 Å². The quantitative estimate of drug-likeness (QED) is 0.344. The molecular formula is C29H34FN9O3. The van der Waals surface area contributed by atoms with Gasteiger partial charge in [-0.05, 0) is 51.6 Å². The number of allylic oxidation sites excluding steroid dienone is 3. The maximum Gasteiger partial charge on any atom is 0.356 e. The molecule has 1 amide bonds. The van der Waals surface area contributed by atoms with Crippen molar-refractivity contribution in [2.24, 2.45) is 10.9 Å². The zero-order chi connectivity index (χ0) is 30.3. The Balaban J connectivity index is 1.85. The standard InChI is InChI=1S/C29H34FN9O3/c1-8-22-25(24(31-7)16(3)4)39-27-20(12-21(30)28(32-27)38-15-19(34-35-38)10-11-42-22)26(33-29(39)41)37-14-17(5)36(13-18(37)6)23(40)9-2/h8-9,12,15-18H,2,7,10-11,13-14H2,1,3-6H3/b22-8+,25-24+/t17-,18+/m1/s1. The van der Waals surface area contributed by atoms with E-state index in [1.165, 1.54) is 21.4 Å². The first-order valence-corrected chi connectivity index (χ1v) is 13.8. The van der Waals surface area contributed by atoms with Crippen molar-refractivity contribution in [1.82, 2.24) is 34.4 Å². The monoisotopic (exact) mass is 575 g/mol. The number of ether oxygens (including phenoxy) is 1. The van der Waals surface area contributed by atoms with Crippen molar-refractivity contribution in [2.75, 3.05) is 24.6 Å². The van der Waals surface area contributed by atoms with Crippen LogP contribution in [0.1, 0.15) is 40.3 Å². The van der Waals surface area contributed by atoms with Gasteiger partial charge in [0.15, 0.2) is 17.3 Å². The normalized spacial score (nSPS) is 21.3. The van der Waals surface area contributed by atoms with Crippen LogP contribution in [0.5, 0.6) is 0 Å². The van der Waals surface area contributed by atoms with E-state index in [-0.39, 0.29) is 47.8 Å². The Morgan fingerprint density at radius 3 is 2.64 bits per heavy atom. The molecule has 5 rings (SSSR count). The number of carbonyl (C=O) groups excluding carboxylic acids is 1. The van der Waals surface area contributed by atoms with Crippen molar-refractivity contribution in [3.63, 3.8) is 0 Å². The lowest BCUT2D eigenvalue weighted by atomic mass is 10.1. The Morgan fingerprint density at radius 2 is 1.98 bits per heavy atom. The number of anilines is 1. The lowest BCUT2D eigenvalue weighted by Crippen LogP contribution is -2.58. The second-order valence-electron chi connectivity index (χ2n) is 10.7. The minimum Gasteiger partial charge on any atom is -0.491 e. The molecule has 2 aliphatic rings. The number of nitrogens with zero attached hydrogens (tertiary/aromatic N) is 9. The number of rotatable bonds is 4. The van der Waals surface area contributed by atoms with Gasteiger partial charge in [-0.3, -0.25) is 9.79 Å². The number of carbonyl (C=O) groups is 1. The Labute approximate surface area is 242 Å². The summed E-state index contributed by atoms with van der Waals surface area (Å²) in [6.07, 6.45) is 5.00. The molecule has 2 atom stereocenters. The van der Waals surface area contributed by atoms with Gasteiger partial charge in [0, 0.05) is 31.6 Å². The highest BCUT2D eigenvalue weighted by atomic mass is 19.1. The summed E-state index contributed by atoms with van der Waals surface area (Å²) in [4.78, 5) is 43.6. The summed E-state index contributed by atoms with van der Waals surface area (Å²) in [5.41, 5.74) is 0.897. The third-order valence-corrected chi connectivity index (χ3v) is 7.55. The maximum atomic E-state index is 15.9. The summed E-state index contributed by atoms with van der Waals surface area (Å²) in [7, 11) is 0. The Morgan fingerprint density at radius 1 is 1.21 bits per heavy atom. The van der Waals surface area contributed by atoms with E-state index in [4.69, 9.17) is 4.74 Å². The van der Waals surface area contributed by atoms with E-state index in [9.17, 15) is 9.59 Å². The summed E-state index contributed by atoms with van der Waals surface area (Å²) in [6.45, 7) is 17.8. The number of amides is 1. The molecule has 12 nitrogen and oxygen atoms in total. The van der Waals surface area contributed by atoms with Crippen molar-refractivity contribution < 1.29 is 13.9 Å². The number of pyridine rings is 1. The average Bonchev–Trinajstić information content (AvgIpc) is 3.43. The summed E-state index contributed by atoms with van der Waals surface area (Å²) in [5.74, 6) is -0.474. The lowest BCUT2D eigenvalue weighted by molar-refractivity contribution is -0.128. The summed E-state index contributed by atoms with van der Waals surface area (Å²) in [5, 5.41) is 8.53. The van der Waals surface area contributed by atoms with E-state index >= 15 is 4.39 Å². The van der Waals surface area contributed by atoms with E-state index in [1.54, 1.807) is 24.1 Å². The van der Waals surface area contributed by atoms with Gasteiger partial charge in [0.25, 0.3) is 0 Å². The fraction of sp³-hybridized carbons (Fsp3) is 0.414. The molecule has 0 N–H and O–H groups in total.